The summed E-state index contributed by atoms with van der Waals surface area (Å²) >= 11 is 5.70. The Morgan fingerprint density at radius 1 is 0.900 bits per heavy atom. The van der Waals surface area contributed by atoms with Crippen molar-refractivity contribution in [1.29, 1.82) is 0 Å². The molecular formula is C15H12N2S3. The molecule has 0 aliphatic heterocycles. The van der Waals surface area contributed by atoms with Gasteiger partial charge in [0.05, 0.1) is 40.9 Å². The molecule has 20 heavy (non-hydrogen) atoms. The first kappa shape index (κ1) is 11.4. The molecule has 0 saturated heterocycles. The summed E-state index contributed by atoms with van der Waals surface area (Å²) in [6.07, 6.45) is 0. The first-order valence-electron chi connectivity index (χ1n) is 6.65. The smallest absolute Gasteiger partial charge is 0.0858 e. The predicted octanol–water partition coefficient (Wildman–Crippen LogP) is 5.64. The molecule has 0 aliphatic carbocycles. The van der Waals surface area contributed by atoms with E-state index in [-0.39, 0.29) is 0 Å². The Bertz CT molecular complexity index is 1100. The summed E-state index contributed by atoms with van der Waals surface area (Å²) in [6.45, 7) is 3.27. The number of hydrogen-bond acceptors (Lipinski definition) is 3. The number of aryl methyl sites for hydroxylation is 2. The number of rotatable bonds is 1. The van der Waals surface area contributed by atoms with Crippen molar-refractivity contribution in [2.75, 3.05) is 0 Å². The van der Waals surface area contributed by atoms with Gasteiger partial charge in [0.1, 0.15) is 0 Å². The van der Waals surface area contributed by atoms with E-state index in [9.17, 15) is 0 Å². The summed E-state index contributed by atoms with van der Waals surface area (Å²) in [6, 6.07) is 4.49. The van der Waals surface area contributed by atoms with Gasteiger partial charge in [0.25, 0.3) is 0 Å². The number of thiophene rings is 3. The summed E-state index contributed by atoms with van der Waals surface area (Å²) in [5.41, 5.74) is 5.60. The van der Waals surface area contributed by atoms with Gasteiger partial charge >= 0.3 is 0 Å². The van der Waals surface area contributed by atoms with Gasteiger partial charge < -0.3 is 9.13 Å². The molecule has 5 rings (SSSR count). The van der Waals surface area contributed by atoms with E-state index in [1.165, 1.54) is 40.9 Å². The van der Waals surface area contributed by atoms with Gasteiger partial charge in [0.15, 0.2) is 0 Å². The van der Waals surface area contributed by atoms with Crippen LogP contribution in [0.2, 0.25) is 0 Å². The number of fused-ring (bicyclic) bond motifs is 7. The topological polar surface area (TPSA) is 9.86 Å². The van der Waals surface area contributed by atoms with Crippen LogP contribution in [0.3, 0.4) is 0 Å². The van der Waals surface area contributed by atoms with E-state index < -0.39 is 0 Å². The van der Waals surface area contributed by atoms with Crippen LogP contribution >= 0.6 is 34.0 Å². The molecule has 100 valence electrons. The predicted molar refractivity (Wildman–Crippen MR) is 92.7 cm³/mol. The van der Waals surface area contributed by atoms with Crippen molar-refractivity contribution in [1.82, 2.24) is 9.13 Å². The van der Waals surface area contributed by atoms with Crippen LogP contribution in [0, 0.1) is 0 Å². The molecule has 0 bridgehead atoms. The first-order chi connectivity index (χ1) is 9.81. The van der Waals surface area contributed by atoms with Crippen LogP contribution in [0.1, 0.15) is 6.92 Å². The Labute approximate surface area is 127 Å². The fourth-order valence-corrected chi connectivity index (χ4v) is 6.74. The van der Waals surface area contributed by atoms with E-state index in [4.69, 9.17) is 0 Å². The number of aromatic nitrogens is 2. The normalized spacial score (nSPS) is 12.7. The van der Waals surface area contributed by atoms with E-state index in [1.54, 1.807) is 0 Å². The van der Waals surface area contributed by atoms with E-state index in [1.807, 2.05) is 34.0 Å². The molecule has 0 N–H and O–H groups in total. The molecule has 5 heterocycles. The van der Waals surface area contributed by atoms with Gasteiger partial charge in [-0.1, -0.05) is 0 Å². The van der Waals surface area contributed by atoms with Crippen LogP contribution in [-0.2, 0) is 13.6 Å². The lowest BCUT2D eigenvalue weighted by Crippen LogP contribution is -1.94. The second kappa shape index (κ2) is 3.67. The van der Waals surface area contributed by atoms with Crippen LogP contribution in [0.4, 0.5) is 0 Å². The SMILES string of the molecule is CCn1c2ccsc2c2sc3c4sccc4n(C)c3c21. The minimum atomic E-state index is 1.03. The van der Waals surface area contributed by atoms with E-state index in [2.05, 4.69) is 46.0 Å². The Morgan fingerprint density at radius 2 is 1.55 bits per heavy atom. The molecule has 0 saturated carbocycles. The van der Waals surface area contributed by atoms with Crippen molar-refractivity contribution in [3.05, 3.63) is 22.9 Å². The molecule has 0 aliphatic rings. The van der Waals surface area contributed by atoms with E-state index in [0.717, 1.165) is 6.54 Å². The van der Waals surface area contributed by atoms with Crippen LogP contribution in [-0.4, -0.2) is 9.13 Å². The summed E-state index contributed by atoms with van der Waals surface area (Å²) in [5, 5.41) is 4.41. The summed E-state index contributed by atoms with van der Waals surface area (Å²) in [5.74, 6) is 0. The third kappa shape index (κ3) is 1.12. The van der Waals surface area contributed by atoms with Crippen molar-refractivity contribution >= 4 is 74.9 Å². The zero-order chi connectivity index (χ0) is 13.4. The molecule has 5 heteroatoms. The fraction of sp³-hybridized carbons (Fsp3) is 0.200. The molecule has 0 fully saturated rings. The average molecular weight is 316 g/mol. The van der Waals surface area contributed by atoms with Gasteiger partial charge in [-0.2, -0.15) is 0 Å². The molecule has 2 nitrogen and oxygen atoms in total. The van der Waals surface area contributed by atoms with Gasteiger partial charge in [0.2, 0.25) is 0 Å². The van der Waals surface area contributed by atoms with Crippen LogP contribution < -0.4 is 0 Å². The molecule has 5 aromatic rings. The first-order valence-corrected chi connectivity index (χ1v) is 9.22. The fourth-order valence-electron chi connectivity index (χ4n) is 3.27. The second-order valence-corrected chi connectivity index (χ2v) is 7.88. The maximum Gasteiger partial charge on any atom is 0.0858 e. The third-order valence-corrected chi connectivity index (χ3v) is 7.44. The van der Waals surface area contributed by atoms with Gasteiger partial charge in [0, 0.05) is 13.6 Å². The van der Waals surface area contributed by atoms with Crippen LogP contribution in [0.25, 0.3) is 40.9 Å². The highest BCUT2D eigenvalue weighted by molar-refractivity contribution is 7.33. The lowest BCUT2D eigenvalue weighted by atomic mass is 10.4. The minimum Gasteiger partial charge on any atom is -0.340 e. The van der Waals surface area contributed by atoms with Gasteiger partial charge in [-0.15, -0.1) is 34.0 Å². The Morgan fingerprint density at radius 3 is 2.30 bits per heavy atom. The molecule has 0 aromatic carbocycles. The Balaban J connectivity index is 2.17. The largest absolute Gasteiger partial charge is 0.340 e. The number of nitrogens with zero attached hydrogens (tertiary/aromatic N) is 2. The molecule has 0 atom stereocenters. The van der Waals surface area contributed by atoms with Crippen molar-refractivity contribution < 1.29 is 0 Å². The Kier molecular flexibility index (Phi) is 2.08. The van der Waals surface area contributed by atoms with Crippen LogP contribution in [0.15, 0.2) is 22.9 Å². The van der Waals surface area contributed by atoms with Crippen molar-refractivity contribution in [3.8, 4) is 0 Å². The molecule has 0 unspecified atom stereocenters. The van der Waals surface area contributed by atoms with Gasteiger partial charge in [-0.05, 0) is 29.8 Å². The highest BCUT2D eigenvalue weighted by Gasteiger charge is 2.21. The highest BCUT2D eigenvalue weighted by atomic mass is 32.1. The zero-order valence-electron chi connectivity index (χ0n) is 11.1. The van der Waals surface area contributed by atoms with Gasteiger partial charge in [-0.25, -0.2) is 0 Å². The molecular weight excluding hydrogens is 304 g/mol. The van der Waals surface area contributed by atoms with Crippen molar-refractivity contribution in [2.45, 2.75) is 13.5 Å². The minimum absolute atomic E-state index is 1.03. The molecule has 0 radical (unpaired) electrons. The third-order valence-electron chi connectivity index (χ3n) is 4.13. The monoisotopic (exact) mass is 316 g/mol. The lowest BCUT2D eigenvalue weighted by molar-refractivity contribution is 0.827. The highest BCUT2D eigenvalue weighted by Crippen LogP contribution is 2.47. The maximum atomic E-state index is 2.48. The average Bonchev–Trinajstić information content (AvgIpc) is 3.18. The van der Waals surface area contributed by atoms with Gasteiger partial charge in [-0.3, -0.25) is 0 Å². The molecule has 0 amide bonds. The quantitative estimate of drug-likeness (QED) is 0.378. The summed E-state index contributed by atoms with van der Waals surface area (Å²) in [7, 11) is 2.20. The van der Waals surface area contributed by atoms with Crippen molar-refractivity contribution in [2.24, 2.45) is 7.05 Å². The lowest BCUT2D eigenvalue weighted by Gasteiger charge is -2.02. The standard InChI is InChI=1S/C15H12N2S3/c1-3-17-9-5-7-19-13(9)15-11(17)10-14(20-15)12-8(16(10)2)4-6-18-12/h4-7H,3H2,1-2H3. The Hall–Kier alpha value is -1.30. The summed E-state index contributed by atoms with van der Waals surface area (Å²) < 4.78 is 10.7. The summed E-state index contributed by atoms with van der Waals surface area (Å²) in [4.78, 5) is 0. The van der Waals surface area contributed by atoms with Crippen LogP contribution in [0.5, 0.6) is 0 Å². The van der Waals surface area contributed by atoms with Crippen molar-refractivity contribution in [3.63, 3.8) is 0 Å². The maximum absolute atomic E-state index is 2.48. The number of hydrogen-bond donors (Lipinski definition) is 0. The van der Waals surface area contributed by atoms with E-state index in [0.29, 0.717) is 0 Å². The van der Waals surface area contributed by atoms with E-state index >= 15 is 0 Å². The molecule has 0 spiro atoms. The second-order valence-electron chi connectivity index (χ2n) is 5.03. The molecule has 5 aromatic heterocycles. The zero-order valence-corrected chi connectivity index (χ0v) is 13.6.